The van der Waals surface area contributed by atoms with Crippen LogP contribution in [0.4, 0.5) is 5.69 Å². The molecule has 2 fully saturated rings. The molecule has 20 heavy (non-hydrogen) atoms. The SMILES string of the molecule is N[C@@H]1C[C@H](O)[C@H](O)[C@H]1N1CCN(c2ccccc2)CC1. The maximum absolute atomic E-state index is 10.1. The van der Waals surface area contributed by atoms with E-state index in [9.17, 15) is 10.2 Å². The molecule has 1 heterocycles. The van der Waals surface area contributed by atoms with Gasteiger partial charge in [0.15, 0.2) is 0 Å². The number of nitrogens with two attached hydrogens (primary N) is 1. The van der Waals surface area contributed by atoms with Gasteiger partial charge in [0, 0.05) is 37.9 Å². The highest BCUT2D eigenvalue weighted by Crippen LogP contribution is 2.26. The van der Waals surface area contributed by atoms with Crippen molar-refractivity contribution < 1.29 is 10.2 Å². The van der Waals surface area contributed by atoms with Gasteiger partial charge in [-0.15, -0.1) is 0 Å². The summed E-state index contributed by atoms with van der Waals surface area (Å²) in [5, 5.41) is 19.8. The fourth-order valence-corrected chi connectivity index (χ4v) is 3.44. The van der Waals surface area contributed by atoms with E-state index in [4.69, 9.17) is 5.73 Å². The van der Waals surface area contributed by atoms with Crippen LogP contribution >= 0.6 is 0 Å². The second-order valence-corrected chi connectivity index (χ2v) is 5.81. The average molecular weight is 277 g/mol. The number of nitrogens with zero attached hydrogens (tertiary/aromatic N) is 2. The second-order valence-electron chi connectivity index (χ2n) is 5.81. The molecular weight excluding hydrogens is 254 g/mol. The van der Waals surface area contributed by atoms with Crippen LogP contribution in [0.3, 0.4) is 0 Å². The number of hydrogen-bond donors (Lipinski definition) is 3. The molecule has 5 nitrogen and oxygen atoms in total. The Morgan fingerprint density at radius 2 is 1.65 bits per heavy atom. The zero-order chi connectivity index (χ0) is 14.1. The van der Waals surface area contributed by atoms with Crippen molar-refractivity contribution in [3.05, 3.63) is 30.3 Å². The summed E-state index contributed by atoms with van der Waals surface area (Å²) in [6.07, 6.45) is -0.902. The Morgan fingerprint density at radius 3 is 2.20 bits per heavy atom. The first-order valence-electron chi connectivity index (χ1n) is 7.32. The molecule has 0 bridgehead atoms. The van der Waals surface area contributed by atoms with E-state index in [0.29, 0.717) is 6.42 Å². The summed E-state index contributed by atoms with van der Waals surface area (Å²) in [5.74, 6) is 0. The molecule has 0 unspecified atom stereocenters. The summed E-state index contributed by atoms with van der Waals surface area (Å²) in [5.41, 5.74) is 7.30. The van der Waals surface area contributed by atoms with Gasteiger partial charge in [-0.25, -0.2) is 0 Å². The molecule has 1 saturated heterocycles. The first-order chi connectivity index (χ1) is 9.66. The van der Waals surface area contributed by atoms with Gasteiger partial charge in [-0.2, -0.15) is 0 Å². The highest BCUT2D eigenvalue weighted by atomic mass is 16.3. The van der Waals surface area contributed by atoms with E-state index < -0.39 is 12.2 Å². The predicted octanol–water partition coefficient (Wildman–Crippen LogP) is -0.370. The minimum absolute atomic E-state index is 0.108. The number of anilines is 1. The molecule has 5 heteroatoms. The Labute approximate surface area is 119 Å². The highest BCUT2D eigenvalue weighted by Gasteiger charge is 2.43. The fraction of sp³-hybridized carbons (Fsp3) is 0.600. The number of hydrogen-bond acceptors (Lipinski definition) is 5. The van der Waals surface area contributed by atoms with Gasteiger partial charge in [0.2, 0.25) is 0 Å². The Hall–Kier alpha value is -1.14. The zero-order valence-corrected chi connectivity index (χ0v) is 11.6. The number of rotatable bonds is 2. The van der Waals surface area contributed by atoms with E-state index in [2.05, 4.69) is 34.1 Å². The molecule has 1 saturated carbocycles. The number of aliphatic hydroxyl groups is 2. The number of para-hydroxylation sites is 1. The Morgan fingerprint density at radius 1 is 1.00 bits per heavy atom. The van der Waals surface area contributed by atoms with Crippen LogP contribution in [0.15, 0.2) is 30.3 Å². The lowest BCUT2D eigenvalue weighted by Gasteiger charge is -2.41. The minimum Gasteiger partial charge on any atom is -0.390 e. The smallest absolute Gasteiger partial charge is 0.0969 e. The molecule has 0 spiro atoms. The molecule has 1 aliphatic carbocycles. The van der Waals surface area contributed by atoms with Crippen molar-refractivity contribution in [3.8, 4) is 0 Å². The third-order valence-corrected chi connectivity index (χ3v) is 4.55. The topological polar surface area (TPSA) is 73.0 Å². The van der Waals surface area contributed by atoms with Gasteiger partial charge in [-0.1, -0.05) is 18.2 Å². The van der Waals surface area contributed by atoms with Crippen molar-refractivity contribution in [2.75, 3.05) is 31.1 Å². The number of benzene rings is 1. The molecule has 1 aliphatic heterocycles. The van der Waals surface area contributed by atoms with E-state index in [0.717, 1.165) is 26.2 Å². The largest absolute Gasteiger partial charge is 0.390 e. The summed E-state index contributed by atoms with van der Waals surface area (Å²) < 4.78 is 0. The van der Waals surface area contributed by atoms with Crippen LogP contribution in [-0.2, 0) is 0 Å². The fourth-order valence-electron chi connectivity index (χ4n) is 3.44. The standard InChI is InChI=1S/C15H23N3O2/c16-12-10-13(19)15(20)14(12)18-8-6-17(7-9-18)11-4-2-1-3-5-11/h1-5,12-15,19-20H,6-10,16H2/t12-,13+,14+,15+/m1/s1. The minimum atomic E-state index is -0.715. The summed E-state index contributed by atoms with van der Waals surface area (Å²) in [7, 11) is 0. The van der Waals surface area contributed by atoms with Crippen LogP contribution in [0.2, 0.25) is 0 Å². The predicted molar refractivity (Wildman–Crippen MR) is 78.6 cm³/mol. The van der Waals surface area contributed by atoms with Crippen molar-refractivity contribution in [2.24, 2.45) is 5.73 Å². The van der Waals surface area contributed by atoms with Crippen molar-refractivity contribution in [1.29, 1.82) is 0 Å². The Bertz CT molecular complexity index is 434. The van der Waals surface area contributed by atoms with Crippen LogP contribution in [0, 0.1) is 0 Å². The summed E-state index contributed by atoms with van der Waals surface area (Å²) >= 11 is 0. The van der Waals surface area contributed by atoms with Crippen molar-refractivity contribution in [1.82, 2.24) is 4.90 Å². The van der Waals surface area contributed by atoms with E-state index in [-0.39, 0.29) is 12.1 Å². The van der Waals surface area contributed by atoms with Gasteiger partial charge in [-0.05, 0) is 18.6 Å². The lowest BCUT2D eigenvalue weighted by atomic mass is 10.1. The molecule has 1 aromatic rings. The van der Waals surface area contributed by atoms with Gasteiger partial charge in [0.25, 0.3) is 0 Å². The van der Waals surface area contributed by atoms with Crippen LogP contribution < -0.4 is 10.6 Å². The van der Waals surface area contributed by atoms with E-state index in [1.54, 1.807) is 0 Å². The van der Waals surface area contributed by atoms with Crippen LogP contribution in [-0.4, -0.2) is 65.6 Å². The van der Waals surface area contributed by atoms with Gasteiger partial charge in [0.1, 0.15) is 0 Å². The van der Waals surface area contributed by atoms with Gasteiger partial charge >= 0.3 is 0 Å². The highest BCUT2D eigenvalue weighted by molar-refractivity contribution is 5.46. The lowest BCUT2D eigenvalue weighted by Crippen LogP contribution is -2.57. The maximum atomic E-state index is 10.1. The van der Waals surface area contributed by atoms with Crippen LogP contribution in [0.1, 0.15) is 6.42 Å². The molecule has 4 N–H and O–H groups in total. The Kier molecular flexibility index (Phi) is 3.94. The monoisotopic (exact) mass is 277 g/mol. The number of aliphatic hydroxyl groups excluding tert-OH is 2. The average Bonchev–Trinajstić information content (AvgIpc) is 2.73. The van der Waals surface area contributed by atoms with Crippen molar-refractivity contribution in [3.63, 3.8) is 0 Å². The molecule has 2 aliphatic rings. The molecule has 3 rings (SSSR count). The summed E-state index contributed by atoms with van der Waals surface area (Å²) in [4.78, 5) is 4.57. The molecular formula is C15H23N3O2. The molecule has 0 aromatic heterocycles. The first kappa shape index (κ1) is 13.8. The quantitative estimate of drug-likeness (QED) is 0.688. The van der Waals surface area contributed by atoms with Crippen LogP contribution in [0.5, 0.6) is 0 Å². The van der Waals surface area contributed by atoms with Gasteiger partial charge < -0.3 is 20.8 Å². The van der Waals surface area contributed by atoms with E-state index in [1.165, 1.54) is 5.69 Å². The molecule has 0 amide bonds. The van der Waals surface area contributed by atoms with Crippen molar-refractivity contribution in [2.45, 2.75) is 30.7 Å². The maximum Gasteiger partial charge on any atom is 0.0969 e. The van der Waals surface area contributed by atoms with Gasteiger partial charge in [-0.3, -0.25) is 4.90 Å². The summed E-state index contributed by atoms with van der Waals surface area (Å²) in [6.45, 7) is 3.60. The second kappa shape index (κ2) is 5.69. The molecule has 4 atom stereocenters. The normalized spacial score (nSPS) is 35.5. The van der Waals surface area contributed by atoms with Crippen molar-refractivity contribution >= 4 is 5.69 Å². The molecule has 0 radical (unpaired) electrons. The van der Waals surface area contributed by atoms with E-state index in [1.807, 2.05) is 6.07 Å². The van der Waals surface area contributed by atoms with Gasteiger partial charge in [0.05, 0.1) is 18.2 Å². The number of piperazine rings is 1. The Balaban J connectivity index is 1.62. The third-order valence-electron chi connectivity index (χ3n) is 4.55. The summed E-state index contributed by atoms with van der Waals surface area (Å²) in [6, 6.07) is 10.1. The first-order valence-corrected chi connectivity index (χ1v) is 7.32. The lowest BCUT2D eigenvalue weighted by molar-refractivity contribution is -0.00347. The zero-order valence-electron chi connectivity index (χ0n) is 11.6. The van der Waals surface area contributed by atoms with E-state index >= 15 is 0 Å². The van der Waals surface area contributed by atoms with Crippen LogP contribution in [0.25, 0.3) is 0 Å². The third kappa shape index (κ3) is 2.54. The molecule has 110 valence electrons. The molecule has 1 aromatic carbocycles.